The van der Waals surface area contributed by atoms with Crippen LogP contribution in [0.2, 0.25) is 0 Å². The lowest BCUT2D eigenvalue weighted by Crippen LogP contribution is -2.44. The van der Waals surface area contributed by atoms with Crippen LogP contribution in [0.3, 0.4) is 0 Å². The molecule has 0 amide bonds. The Morgan fingerprint density at radius 2 is 1.89 bits per heavy atom. The fourth-order valence-electron chi connectivity index (χ4n) is 2.67. The van der Waals surface area contributed by atoms with Gasteiger partial charge in [-0.15, -0.1) is 0 Å². The van der Waals surface area contributed by atoms with E-state index in [1.165, 1.54) is 11.1 Å². The van der Waals surface area contributed by atoms with E-state index in [0.29, 0.717) is 12.3 Å². The molecule has 2 rings (SSSR count). The van der Waals surface area contributed by atoms with Crippen molar-refractivity contribution in [1.82, 2.24) is 5.32 Å². The number of carboxylic acids is 1. The van der Waals surface area contributed by atoms with Gasteiger partial charge in [-0.1, -0.05) is 38.1 Å². The van der Waals surface area contributed by atoms with Gasteiger partial charge < -0.3 is 10.4 Å². The molecule has 0 aromatic heterocycles. The normalized spacial score (nSPS) is 16.8. The first kappa shape index (κ1) is 13.1. The van der Waals surface area contributed by atoms with Crippen LogP contribution in [0, 0.1) is 5.92 Å². The van der Waals surface area contributed by atoms with Crippen molar-refractivity contribution in [3.05, 3.63) is 35.4 Å². The Balaban J connectivity index is 1.97. The summed E-state index contributed by atoms with van der Waals surface area (Å²) in [6, 6.07) is 8.20. The predicted octanol–water partition coefficient (Wildman–Crippen LogP) is 2.24. The van der Waals surface area contributed by atoms with Gasteiger partial charge >= 0.3 is 5.97 Å². The van der Waals surface area contributed by atoms with Gasteiger partial charge in [0.2, 0.25) is 0 Å². The van der Waals surface area contributed by atoms with Crippen molar-refractivity contribution >= 4 is 5.97 Å². The summed E-state index contributed by atoms with van der Waals surface area (Å²) in [5.41, 5.74) is 2.70. The first-order valence-electron chi connectivity index (χ1n) is 6.62. The number of hydrogen-bond acceptors (Lipinski definition) is 2. The topological polar surface area (TPSA) is 49.3 Å². The van der Waals surface area contributed by atoms with Gasteiger partial charge in [0.05, 0.1) is 0 Å². The molecule has 1 aromatic carbocycles. The van der Waals surface area contributed by atoms with Gasteiger partial charge in [0.15, 0.2) is 0 Å². The number of fused-ring (bicyclic) bond motifs is 1. The summed E-state index contributed by atoms with van der Waals surface area (Å²) >= 11 is 0. The average molecular weight is 247 g/mol. The molecule has 98 valence electrons. The predicted molar refractivity (Wildman–Crippen MR) is 71.7 cm³/mol. The van der Waals surface area contributed by atoms with Crippen LogP contribution in [0.15, 0.2) is 24.3 Å². The van der Waals surface area contributed by atoms with Gasteiger partial charge in [0.1, 0.15) is 6.04 Å². The summed E-state index contributed by atoms with van der Waals surface area (Å²) < 4.78 is 0. The lowest BCUT2D eigenvalue weighted by Gasteiger charge is -2.20. The molecule has 0 aliphatic heterocycles. The van der Waals surface area contributed by atoms with Crippen LogP contribution in [0.4, 0.5) is 0 Å². The molecule has 0 heterocycles. The highest BCUT2D eigenvalue weighted by Gasteiger charge is 2.26. The van der Waals surface area contributed by atoms with Gasteiger partial charge in [-0.2, -0.15) is 0 Å². The monoisotopic (exact) mass is 247 g/mol. The minimum atomic E-state index is -0.736. The van der Waals surface area contributed by atoms with E-state index in [4.69, 9.17) is 0 Å². The molecule has 0 saturated heterocycles. The second-order valence-electron chi connectivity index (χ2n) is 5.56. The maximum atomic E-state index is 11.2. The van der Waals surface area contributed by atoms with Crippen LogP contribution in [-0.4, -0.2) is 23.2 Å². The zero-order chi connectivity index (χ0) is 13.1. The molecule has 1 aliphatic rings. The average Bonchev–Trinajstić information content (AvgIpc) is 2.69. The summed E-state index contributed by atoms with van der Waals surface area (Å²) in [5.74, 6) is -0.345. The molecule has 2 N–H and O–H groups in total. The molecule has 3 heteroatoms. The maximum absolute atomic E-state index is 11.2. The molecular formula is C15H21NO2. The second-order valence-corrected chi connectivity index (χ2v) is 5.56. The zero-order valence-electron chi connectivity index (χ0n) is 11.0. The lowest BCUT2D eigenvalue weighted by atomic mass is 10.0. The van der Waals surface area contributed by atoms with E-state index in [9.17, 15) is 9.90 Å². The summed E-state index contributed by atoms with van der Waals surface area (Å²) in [6.07, 6.45) is 2.57. The van der Waals surface area contributed by atoms with Crippen molar-refractivity contribution in [2.75, 3.05) is 0 Å². The lowest BCUT2D eigenvalue weighted by molar-refractivity contribution is -0.140. The smallest absolute Gasteiger partial charge is 0.320 e. The largest absolute Gasteiger partial charge is 0.480 e. The SMILES string of the molecule is CC(C)CC(NC1Cc2ccccc2C1)C(=O)O. The third-order valence-corrected chi connectivity index (χ3v) is 3.49. The Labute approximate surface area is 108 Å². The molecule has 0 bridgehead atoms. The second kappa shape index (κ2) is 5.53. The van der Waals surface area contributed by atoms with Crippen molar-refractivity contribution in [1.29, 1.82) is 0 Å². The van der Waals surface area contributed by atoms with Gasteiger partial charge in [-0.05, 0) is 36.3 Å². The molecule has 0 fully saturated rings. The fourth-order valence-corrected chi connectivity index (χ4v) is 2.67. The Morgan fingerprint density at radius 3 is 2.33 bits per heavy atom. The highest BCUT2D eigenvalue weighted by atomic mass is 16.4. The zero-order valence-corrected chi connectivity index (χ0v) is 11.0. The van der Waals surface area contributed by atoms with Crippen LogP contribution in [0.5, 0.6) is 0 Å². The quantitative estimate of drug-likeness (QED) is 0.839. The number of carboxylic acid groups (broad SMARTS) is 1. The number of rotatable bonds is 5. The molecule has 3 nitrogen and oxygen atoms in total. The van der Waals surface area contributed by atoms with E-state index in [1.807, 2.05) is 12.1 Å². The molecule has 1 atom stereocenters. The van der Waals surface area contributed by atoms with Crippen LogP contribution in [-0.2, 0) is 17.6 Å². The summed E-state index contributed by atoms with van der Waals surface area (Å²) in [4.78, 5) is 11.2. The first-order chi connectivity index (χ1) is 8.56. The van der Waals surface area contributed by atoms with E-state index in [-0.39, 0.29) is 6.04 Å². The third-order valence-electron chi connectivity index (χ3n) is 3.49. The summed E-state index contributed by atoms with van der Waals surface area (Å²) in [7, 11) is 0. The van der Waals surface area contributed by atoms with E-state index in [1.54, 1.807) is 0 Å². The van der Waals surface area contributed by atoms with Crippen molar-refractivity contribution in [3.63, 3.8) is 0 Å². The van der Waals surface area contributed by atoms with Crippen molar-refractivity contribution in [2.45, 2.75) is 45.2 Å². The van der Waals surface area contributed by atoms with Crippen LogP contribution >= 0.6 is 0 Å². The van der Waals surface area contributed by atoms with Gasteiger partial charge in [-0.25, -0.2) is 0 Å². The Bertz CT molecular complexity index is 403. The molecule has 1 aliphatic carbocycles. The van der Waals surface area contributed by atoms with E-state index < -0.39 is 12.0 Å². The van der Waals surface area contributed by atoms with Crippen molar-refractivity contribution in [3.8, 4) is 0 Å². The van der Waals surface area contributed by atoms with Crippen molar-refractivity contribution in [2.24, 2.45) is 5.92 Å². The molecule has 0 radical (unpaired) electrons. The van der Waals surface area contributed by atoms with Crippen LogP contribution in [0.1, 0.15) is 31.4 Å². The molecule has 0 saturated carbocycles. The number of aliphatic carboxylic acids is 1. The molecule has 1 unspecified atom stereocenters. The fraction of sp³-hybridized carbons (Fsp3) is 0.533. The summed E-state index contributed by atoms with van der Waals surface area (Å²) in [5, 5.41) is 12.5. The standard InChI is InChI=1S/C15H21NO2/c1-10(2)7-14(15(17)18)16-13-8-11-5-3-4-6-12(11)9-13/h3-6,10,13-14,16H,7-9H2,1-2H3,(H,17,18). The molecule has 1 aromatic rings. The van der Waals surface area contributed by atoms with E-state index >= 15 is 0 Å². The van der Waals surface area contributed by atoms with E-state index in [2.05, 4.69) is 31.3 Å². The van der Waals surface area contributed by atoms with Gasteiger partial charge in [0.25, 0.3) is 0 Å². The molecule has 0 spiro atoms. The summed E-state index contributed by atoms with van der Waals surface area (Å²) in [6.45, 7) is 4.11. The maximum Gasteiger partial charge on any atom is 0.320 e. The minimum Gasteiger partial charge on any atom is -0.480 e. The number of carbonyl (C=O) groups is 1. The highest BCUT2D eigenvalue weighted by molar-refractivity contribution is 5.73. The highest BCUT2D eigenvalue weighted by Crippen LogP contribution is 2.22. The number of nitrogens with one attached hydrogen (secondary N) is 1. The molecule has 18 heavy (non-hydrogen) atoms. The Morgan fingerprint density at radius 1 is 1.33 bits per heavy atom. The first-order valence-corrected chi connectivity index (χ1v) is 6.62. The number of hydrogen-bond donors (Lipinski definition) is 2. The Hall–Kier alpha value is -1.35. The van der Waals surface area contributed by atoms with Gasteiger partial charge in [-0.3, -0.25) is 4.79 Å². The number of benzene rings is 1. The third kappa shape index (κ3) is 3.10. The molecular weight excluding hydrogens is 226 g/mol. The van der Waals surface area contributed by atoms with Gasteiger partial charge in [0, 0.05) is 6.04 Å². The van der Waals surface area contributed by atoms with Crippen molar-refractivity contribution < 1.29 is 9.90 Å². The van der Waals surface area contributed by atoms with Crippen LogP contribution < -0.4 is 5.32 Å². The van der Waals surface area contributed by atoms with Crippen LogP contribution in [0.25, 0.3) is 0 Å². The Kier molecular flexibility index (Phi) is 4.02. The van der Waals surface area contributed by atoms with E-state index in [0.717, 1.165) is 12.8 Å². The minimum absolute atomic E-state index is 0.266.